The first-order chi connectivity index (χ1) is 64.9. The van der Waals surface area contributed by atoms with Crippen molar-refractivity contribution in [1.82, 2.24) is 0 Å². The van der Waals surface area contributed by atoms with Crippen LogP contribution in [0.15, 0.2) is 400 Å². The van der Waals surface area contributed by atoms with E-state index in [-0.39, 0.29) is 0 Å². The third-order valence-corrected chi connectivity index (χ3v) is 34.3. The summed E-state index contributed by atoms with van der Waals surface area (Å²) in [5.41, 5.74) is 7.97. The second-order valence-corrected chi connectivity index (χ2v) is 41.9. The van der Waals surface area contributed by atoms with Crippen LogP contribution in [0.2, 0.25) is 0 Å². The lowest BCUT2D eigenvalue weighted by atomic mass is 10.00. The third-order valence-electron chi connectivity index (χ3n) is 27.1. The maximum Gasteiger partial charge on any atom is 0.0434 e. The molecule has 30 aromatic rings. The molecule has 0 aliphatic rings. The van der Waals surface area contributed by atoms with Gasteiger partial charge in [0.05, 0.1) is 0 Å². The van der Waals surface area contributed by atoms with Crippen molar-refractivity contribution in [3.63, 3.8) is 0 Å². The molecule has 6 heteroatoms. The van der Waals surface area contributed by atoms with Crippen molar-refractivity contribution >= 4 is 318 Å². The Morgan fingerprint density at radius 3 is 0.386 bits per heavy atom. The van der Waals surface area contributed by atoms with E-state index in [1.165, 1.54) is 284 Å². The standard InChI is InChI=1S/6C21H14S/c6*1-13-6-8-17-19-11-10-16-15-5-3-2-4-14(15)7-9-18(16)21(19)22-20(17)12-13/h6*2-12H,1H3. The van der Waals surface area contributed by atoms with Crippen LogP contribution in [0.4, 0.5) is 0 Å². The summed E-state index contributed by atoms with van der Waals surface area (Å²) < 4.78 is 16.7. The Balaban J connectivity index is 0.0000000851. The summed E-state index contributed by atoms with van der Waals surface area (Å²) in [7, 11) is 0. The van der Waals surface area contributed by atoms with E-state index in [4.69, 9.17) is 0 Å². The average Bonchev–Trinajstić information content (AvgIpc) is 1.56. The van der Waals surface area contributed by atoms with E-state index in [1.807, 2.05) is 68.0 Å². The Bertz CT molecular complexity index is 8550. The van der Waals surface area contributed by atoms with Gasteiger partial charge in [0.1, 0.15) is 0 Å². The van der Waals surface area contributed by atoms with E-state index in [0.717, 1.165) is 0 Å². The Hall–Kier alpha value is -14.3. The van der Waals surface area contributed by atoms with Gasteiger partial charge in [0, 0.05) is 153 Å². The maximum absolute atomic E-state index is 2.30. The molecule has 0 spiro atoms. The quantitative estimate of drug-likeness (QED) is 0.133. The number of thiophene rings is 6. The van der Waals surface area contributed by atoms with Crippen molar-refractivity contribution in [2.45, 2.75) is 41.5 Å². The fourth-order valence-corrected chi connectivity index (χ4v) is 28.5. The molecule has 0 unspecified atom stereocenters. The van der Waals surface area contributed by atoms with E-state index >= 15 is 0 Å². The number of aryl methyl sites for hydroxylation is 6. The molecule has 6 aromatic heterocycles. The van der Waals surface area contributed by atoms with Gasteiger partial charge in [0.25, 0.3) is 0 Å². The lowest BCUT2D eigenvalue weighted by Crippen LogP contribution is -1.77. The summed E-state index contributed by atoms with van der Waals surface area (Å²) in [4.78, 5) is 0. The molecule has 624 valence electrons. The van der Waals surface area contributed by atoms with Crippen LogP contribution >= 0.6 is 68.0 Å². The van der Waals surface area contributed by atoms with Crippen LogP contribution in [0.25, 0.3) is 250 Å². The largest absolute Gasteiger partial charge is 0.135 e. The predicted molar refractivity (Wildman–Crippen MR) is 594 cm³/mol. The van der Waals surface area contributed by atoms with Crippen LogP contribution in [0, 0.1) is 41.5 Å². The third kappa shape index (κ3) is 13.7. The molecule has 0 aliphatic heterocycles. The highest BCUT2D eigenvalue weighted by molar-refractivity contribution is 7.29. The molecule has 24 aromatic carbocycles. The van der Waals surface area contributed by atoms with E-state index < -0.39 is 0 Å². The van der Waals surface area contributed by atoms with Gasteiger partial charge in [-0.3, -0.25) is 0 Å². The van der Waals surface area contributed by atoms with E-state index in [2.05, 4.69) is 442 Å². The summed E-state index contributed by atoms with van der Waals surface area (Å²) in [6.07, 6.45) is 0. The van der Waals surface area contributed by atoms with Gasteiger partial charge < -0.3 is 0 Å². The summed E-state index contributed by atoms with van der Waals surface area (Å²) in [6, 6.07) is 147. The summed E-state index contributed by atoms with van der Waals surface area (Å²) in [5, 5.41) is 48.8. The van der Waals surface area contributed by atoms with Crippen molar-refractivity contribution in [3.8, 4) is 0 Å². The highest BCUT2D eigenvalue weighted by atomic mass is 32.1. The molecule has 0 bridgehead atoms. The zero-order valence-corrected chi connectivity index (χ0v) is 78.5. The van der Waals surface area contributed by atoms with Crippen molar-refractivity contribution < 1.29 is 0 Å². The first kappa shape index (κ1) is 79.9. The van der Waals surface area contributed by atoms with Crippen LogP contribution in [0.1, 0.15) is 33.4 Å². The average molecular weight is 1790 g/mol. The SMILES string of the molecule is Cc1ccc2c(c1)sc1c2ccc2c3ccccc3ccc21.Cc1ccc2c(c1)sc1c2ccc2c3ccccc3ccc21.Cc1ccc2c(c1)sc1c2ccc2c3ccccc3ccc21.Cc1ccc2c(c1)sc1c2ccc2c3ccccc3ccc21.Cc1ccc2c(c1)sc1c2ccc2c3ccccc3ccc21.Cc1ccc2c(c1)sc1c2ccc2c3ccccc3ccc21. The molecule has 6 heterocycles. The van der Waals surface area contributed by atoms with Crippen molar-refractivity contribution in [3.05, 3.63) is 434 Å². The van der Waals surface area contributed by atoms with E-state index in [0.29, 0.717) is 0 Å². The van der Waals surface area contributed by atoms with Crippen molar-refractivity contribution in [1.29, 1.82) is 0 Å². The molecule has 132 heavy (non-hydrogen) atoms. The summed E-state index contributed by atoms with van der Waals surface area (Å²) in [5.74, 6) is 0. The Morgan fingerprint density at radius 2 is 0.227 bits per heavy atom. The van der Waals surface area contributed by atoms with Crippen LogP contribution in [0.5, 0.6) is 0 Å². The molecule has 0 amide bonds. The van der Waals surface area contributed by atoms with Gasteiger partial charge in [-0.25, -0.2) is 0 Å². The highest BCUT2D eigenvalue weighted by Gasteiger charge is 2.19. The first-order valence-corrected chi connectivity index (χ1v) is 50.2. The predicted octanol–water partition coefficient (Wildman–Crippen LogP) is 40.0. The normalized spacial score (nSPS) is 11.9. The molecule has 0 saturated heterocycles. The molecule has 0 atom stereocenters. The topological polar surface area (TPSA) is 0 Å². The van der Waals surface area contributed by atoms with Gasteiger partial charge in [0.15, 0.2) is 0 Å². The minimum absolute atomic E-state index is 1.31. The maximum atomic E-state index is 2.30. The number of rotatable bonds is 0. The lowest BCUT2D eigenvalue weighted by molar-refractivity contribution is 1.52. The fourth-order valence-electron chi connectivity index (χ4n) is 20.6. The minimum atomic E-state index is 1.31. The molecule has 0 nitrogen and oxygen atoms in total. The molecule has 0 N–H and O–H groups in total. The van der Waals surface area contributed by atoms with Crippen LogP contribution in [-0.2, 0) is 0 Å². The number of hydrogen-bond acceptors (Lipinski definition) is 6. The lowest BCUT2D eigenvalue weighted by Gasteiger charge is -2.04. The number of fused-ring (bicyclic) bond motifs is 42. The van der Waals surface area contributed by atoms with Gasteiger partial charge in [0.2, 0.25) is 0 Å². The molecule has 0 radical (unpaired) electrons. The number of hydrogen-bond donors (Lipinski definition) is 0. The second-order valence-electron chi connectivity index (χ2n) is 35.6. The van der Waals surface area contributed by atoms with Gasteiger partial charge in [-0.2, -0.15) is 0 Å². The fraction of sp³-hybridized carbons (Fsp3) is 0.0476. The zero-order chi connectivity index (χ0) is 88.1. The molecule has 0 fully saturated rings. The Labute approximate surface area is 786 Å². The van der Waals surface area contributed by atoms with Crippen LogP contribution in [0.3, 0.4) is 0 Å². The summed E-state index contributed by atoms with van der Waals surface area (Å²) in [6.45, 7) is 13.0. The Morgan fingerprint density at radius 1 is 0.106 bits per heavy atom. The van der Waals surface area contributed by atoms with Gasteiger partial charge in [-0.1, -0.05) is 364 Å². The number of benzene rings is 24. The second kappa shape index (κ2) is 32.4. The van der Waals surface area contributed by atoms with E-state index in [1.54, 1.807) is 0 Å². The van der Waals surface area contributed by atoms with Crippen LogP contribution < -0.4 is 0 Å². The molecule has 30 rings (SSSR count). The first-order valence-electron chi connectivity index (χ1n) is 45.3. The monoisotopic (exact) mass is 1790 g/mol. The van der Waals surface area contributed by atoms with E-state index in [9.17, 15) is 0 Å². The van der Waals surface area contributed by atoms with Crippen LogP contribution in [-0.4, -0.2) is 0 Å². The zero-order valence-electron chi connectivity index (χ0n) is 73.6. The smallest absolute Gasteiger partial charge is 0.0434 e. The molecular formula is C126H84S6. The summed E-state index contributed by atoms with van der Waals surface area (Å²) >= 11 is 11.5. The van der Waals surface area contributed by atoms with Gasteiger partial charge in [-0.15, -0.1) is 68.0 Å². The minimum Gasteiger partial charge on any atom is -0.135 e. The van der Waals surface area contributed by atoms with Crippen molar-refractivity contribution in [2.75, 3.05) is 0 Å². The molecule has 0 saturated carbocycles. The van der Waals surface area contributed by atoms with Crippen molar-refractivity contribution in [2.24, 2.45) is 0 Å². The molecule has 0 aliphatic carbocycles. The molecular weight excluding hydrogens is 1710 g/mol. The van der Waals surface area contributed by atoms with Gasteiger partial charge in [-0.05, 0) is 208 Å². The van der Waals surface area contributed by atoms with Gasteiger partial charge >= 0.3 is 0 Å². The highest BCUT2D eigenvalue weighted by Crippen LogP contribution is 2.49. The Kier molecular flexibility index (Phi) is 19.6.